The Balaban J connectivity index is 2.47. The maximum absolute atomic E-state index is 11.6. The lowest BCUT2D eigenvalue weighted by atomic mass is 10.3. The Morgan fingerprint density at radius 1 is 1.38 bits per heavy atom. The predicted molar refractivity (Wildman–Crippen MR) is 54.1 cm³/mol. The molecule has 0 aliphatic carbocycles. The number of hydrogen-bond donors (Lipinski definition) is 1. The van der Waals surface area contributed by atoms with Crippen LogP contribution in [0.2, 0.25) is 0 Å². The van der Waals surface area contributed by atoms with E-state index in [4.69, 9.17) is 5.73 Å². The van der Waals surface area contributed by atoms with Gasteiger partial charge in [0.2, 0.25) is 0 Å². The van der Waals surface area contributed by atoms with E-state index in [-0.39, 0.29) is 5.75 Å². The molecule has 1 rings (SSSR count). The molecular weight excluding hydrogens is 243 g/mol. The molecule has 0 amide bonds. The molecule has 3 nitrogen and oxygen atoms in total. The van der Waals surface area contributed by atoms with Gasteiger partial charge >= 0.3 is 6.36 Å². The average molecular weight is 253 g/mol. The molecule has 0 spiro atoms. The molecule has 0 fully saturated rings. The summed E-state index contributed by atoms with van der Waals surface area (Å²) in [5.74, 6) is -0.219. The maximum atomic E-state index is 11.6. The Bertz CT molecular complexity index is 381. The van der Waals surface area contributed by atoms with Crippen molar-refractivity contribution in [2.75, 3.05) is 18.1 Å². The van der Waals surface area contributed by atoms with Crippen molar-refractivity contribution in [3.8, 4) is 0 Å². The topological polar surface area (TPSA) is 52.3 Å². The second kappa shape index (κ2) is 5.31. The first-order valence-corrected chi connectivity index (χ1v) is 5.65. The van der Waals surface area contributed by atoms with E-state index in [1.807, 2.05) is 0 Å². The highest BCUT2D eigenvalue weighted by atomic mass is 32.2. The van der Waals surface area contributed by atoms with Gasteiger partial charge in [-0.2, -0.15) is 0 Å². The Labute approximate surface area is 92.9 Å². The maximum Gasteiger partial charge on any atom is 0.522 e. The van der Waals surface area contributed by atoms with Gasteiger partial charge in [0, 0.05) is 10.6 Å². The molecule has 0 aliphatic heterocycles. The van der Waals surface area contributed by atoms with Crippen LogP contribution in [0, 0.1) is 0 Å². The van der Waals surface area contributed by atoms with E-state index in [1.165, 1.54) is 6.07 Å². The molecular formula is C9H10F3NO2S. The molecule has 1 aromatic rings. The Kier molecular flexibility index (Phi) is 4.31. The van der Waals surface area contributed by atoms with Crippen LogP contribution in [0.15, 0.2) is 29.2 Å². The van der Waals surface area contributed by atoms with Crippen molar-refractivity contribution >= 4 is 16.5 Å². The second-order valence-electron chi connectivity index (χ2n) is 2.92. The van der Waals surface area contributed by atoms with E-state index in [2.05, 4.69) is 4.74 Å². The molecule has 0 radical (unpaired) electrons. The van der Waals surface area contributed by atoms with Gasteiger partial charge in [-0.3, -0.25) is 8.95 Å². The van der Waals surface area contributed by atoms with E-state index < -0.39 is 23.8 Å². The van der Waals surface area contributed by atoms with E-state index in [1.54, 1.807) is 18.2 Å². The number of nitrogen functional groups attached to an aromatic ring is 1. The normalized spacial score (nSPS) is 13.7. The predicted octanol–water partition coefficient (Wildman–Crippen LogP) is 1.91. The van der Waals surface area contributed by atoms with Crippen molar-refractivity contribution in [1.29, 1.82) is 0 Å². The van der Waals surface area contributed by atoms with Crippen LogP contribution in [0.4, 0.5) is 18.9 Å². The standard InChI is InChI=1S/C9H10F3NO2S/c10-9(11,12)15-4-5-16(14)8-3-1-2-7(13)6-8/h1-3,6H,4-5,13H2. The zero-order chi connectivity index (χ0) is 12.2. The van der Waals surface area contributed by atoms with Gasteiger partial charge in [-0.05, 0) is 18.2 Å². The summed E-state index contributed by atoms with van der Waals surface area (Å²) in [7, 11) is -1.53. The van der Waals surface area contributed by atoms with E-state index in [9.17, 15) is 17.4 Å². The number of hydrogen-bond acceptors (Lipinski definition) is 3. The molecule has 0 aromatic heterocycles. The third-order valence-corrected chi connectivity index (χ3v) is 2.97. The average Bonchev–Trinajstić information content (AvgIpc) is 2.15. The van der Waals surface area contributed by atoms with Gasteiger partial charge in [0.25, 0.3) is 0 Å². The van der Waals surface area contributed by atoms with Gasteiger partial charge in [-0.25, -0.2) is 0 Å². The smallest absolute Gasteiger partial charge is 0.399 e. The molecule has 16 heavy (non-hydrogen) atoms. The molecule has 0 saturated heterocycles. The minimum Gasteiger partial charge on any atom is -0.399 e. The number of ether oxygens (including phenoxy) is 1. The molecule has 1 unspecified atom stereocenters. The van der Waals surface area contributed by atoms with Gasteiger partial charge in [-0.1, -0.05) is 6.07 Å². The molecule has 2 N–H and O–H groups in total. The van der Waals surface area contributed by atoms with E-state index >= 15 is 0 Å². The van der Waals surface area contributed by atoms with Crippen LogP contribution in [0.25, 0.3) is 0 Å². The fourth-order valence-electron chi connectivity index (χ4n) is 1.01. The summed E-state index contributed by atoms with van der Waals surface area (Å²) >= 11 is 0. The van der Waals surface area contributed by atoms with Crippen molar-refractivity contribution < 1.29 is 22.1 Å². The number of benzene rings is 1. The fraction of sp³-hybridized carbons (Fsp3) is 0.333. The number of halogens is 3. The first-order valence-electron chi connectivity index (χ1n) is 4.33. The molecule has 0 aliphatic rings. The first-order chi connectivity index (χ1) is 7.38. The summed E-state index contributed by atoms with van der Waals surface area (Å²) < 4.78 is 49.9. The number of rotatable bonds is 4. The quantitative estimate of drug-likeness (QED) is 0.834. The third kappa shape index (κ3) is 4.63. The lowest BCUT2D eigenvalue weighted by Gasteiger charge is -2.07. The van der Waals surface area contributed by atoms with Crippen LogP contribution >= 0.6 is 0 Å². The Morgan fingerprint density at radius 3 is 2.62 bits per heavy atom. The highest BCUT2D eigenvalue weighted by Gasteiger charge is 2.28. The highest BCUT2D eigenvalue weighted by Crippen LogP contribution is 2.16. The van der Waals surface area contributed by atoms with Crippen molar-refractivity contribution in [2.45, 2.75) is 11.3 Å². The molecule has 0 saturated carbocycles. The van der Waals surface area contributed by atoms with Crippen LogP contribution in [-0.2, 0) is 15.5 Å². The van der Waals surface area contributed by atoms with Gasteiger partial charge in [-0.15, -0.1) is 13.2 Å². The van der Waals surface area contributed by atoms with Crippen LogP contribution in [0.5, 0.6) is 0 Å². The third-order valence-electron chi connectivity index (χ3n) is 1.66. The summed E-state index contributed by atoms with van der Waals surface area (Å²) in [5, 5.41) is 0. The largest absolute Gasteiger partial charge is 0.522 e. The number of alkyl halides is 3. The molecule has 7 heteroatoms. The lowest BCUT2D eigenvalue weighted by Crippen LogP contribution is -2.17. The summed E-state index contributed by atoms with van der Waals surface area (Å²) in [5.41, 5.74) is 5.87. The minimum atomic E-state index is -4.68. The zero-order valence-corrected chi connectivity index (χ0v) is 8.98. The summed E-state index contributed by atoms with van der Waals surface area (Å²) in [6, 6.07) is 6.20. The number of nitrogens with two attached hydrogens (primary N) is 1. The second-order valence-corrected chi connectivity index (χ2v) is 4.49. The zero-order valence-electron chi connectivity index (χ0n) is 8.16. The van der Waals surface area contributed by atoms with Gasteiger partial charge in [0.1, 0.15) is 0 Å². The van der Waals surface area contributed by atoms with Crippen molar-refractivity contribution in [1.82, 2.24) is 0 Å². The van der Waals surface area contributed by atoms with Gasteiger partial charge < -0.3 is 5.73 Å². The van der Waals surface area contributed by atoms with Crippen molar-refractivity contribution in [3.63, 3.8) is 0 Å². The van der Waals surface area contributed by atoms with Gasteiger partial charge in [0.05, 0.1) is 23.2 Å². The van der Waals surface area contributed by atoms with Crippen molar-refractivity contribution in [3.05, 3.63) is 24.3 Å². The number of anilines is 1. The van der Waals surface area contributed by atoms with E-state index in [0.29, 0.717) is 10.6 Å². The summed E-state index contributed by atoms with van der Waals surface area (Å²) in [6.07, 6.45) is -4.68. The molecule has 1 aromatic carbocycles. The fourth-order valence-corrected chi connectivity index (χ4v) is 1.98. The summed E-state index contributed by atoms with van der Waals surface area (Å²) in [6.45, 7) is -0.634. The summed E-state index contributed by atoms with van der Waals surface area (Å²) in [4.78, 5) is 0.394. The monoisotopic (exact) mass is 253 g/mol. The Morgan fingerprint density at radius 2 is 2.06 bits per heavy atom. The van der Waals surface area contributed by atoms with E-state index in [0.717, 1.165) is 0 Å². The Hall–Kier alpha value is -1.08. The minimum absolute atomic E-state index is 0.219. The SMILES string of the molecule is Nc1cccc(S(=O)CCOC(F)(F)F)c1. The molecule has 0 bridgehead atoms. The highest BCUT2D eigenvalue weighted by molar-refractivity contribution is 7.85. The van der Waals surface area contributed by atoms with Crippen LogP contribution < -0.4 is 5.73 Å². The van der Waals surface area contributed by atoms with Gasteiger partial charge in [0.15, 0.2) is 0 Å². The van der Waals surface area contributed by atoms with Crippen LogP contribution in [0.3, 0.4) is 0 Å². The molecule has 0 heterocycles. The molecule has 90 valence electrons. The molecule has 1 atom stereocenters. The van der Waals surface area contributed by atoms with Crippen LogP contribution in [0.1, 0.15) is 0 Å². The van der Waals surface area contributed by atoms with Crippen LogP contribution in [-0.4, -0.2) is 22.9 Å². The van der Waals surface area contributed by atoms with Crippen molar-refractivity contribution in [2.24, 2.45) is 0 Å². The first kappa shape index (κ1) is 13.0. The lowest BCUT2D eigenvalue weighted by molar-refractivity contribution is -0.322.